The minimum atomic E-state index is -0.669. The molecule has 0 bridgehead atoms. The predicted octanol–water partition coefficient (Wildman–Crippen LogP) is 3.63. The van der Waals surface area contributed by atoms with Gasteiger partial charge >= 0.3 is 0 Å². The third-order valence-corrected chi connectivity index (χ3v) is 5.46. The van der Waals surface area contributed by atoms with Crippen molar-refractivity contribution < 1.29 is 19.4 Å². The van der Waals surface area contributed by atoms with Crippen LogP contribution in [0, 0.1) is 0 Å². The summed E-state index contributed by atoms with van der Waals surface area (Å²) < 4.78 is 5.68. The molecule has 7 nitrogen and oxygen atoms in total. The van der Waals surface area contributed by atoms with Gasteiger partial charge in [-0.05, 0) is 75.4 Å². The molecule has 1 N–H and O–H groups in total. The Morgan fingerprint density at radius 1 is 1.09 bits per heavy atom. The highest BCUT2D eigenvalue weighted by Crippen LogP contribution is 2.39. The van der Waals surface area contributed by atoms with Crippen LogP contribution in [0.1, 0.15) is 43.4 Å². The van der Waals surface area contributed by atoms with Crippen molar-refractivity contribution in [3.63, 3.8) is 0 Å². The minimum Gasteiger partial charge on any atom is -0.507 e. The molecule has 1 atom stereocenters. The molecule has 1 saturated heterocycles. The lowest BCUT2D eigenvalue weighted by atomic mass is 9.96. The highest BCUT2D eigenvalue weighted by molar-refractivity contribution is 6.46. The van der Waals surface area contributed by atoms with Gasteiger partial charge in [-0.2, -0.15) is 0 Å². The SMILES string of the molecule is CCCCOc1ccc(/C(O)=C2/C(=O)C(=O)N(CCCN(C)C)C2c2ccncc2)cc1. The van der Waals surface area contributed by atoms with Crippen molar-refractivity contribution in [1.82, 2.24) is 14.8 Å². The Hall–Kier alpha value is -3.19. The number of carbonyl (C=O) groups excluding carboxylic acids is 2. The summed E-state index contributed by atoms with van der Waals surface area (Å²) in [5.41, 5.74) is 1.31. The number of aromatic nitrogens is 1. The number of ether oxygens (including phenoxy) is 1. The maximum absolute atomic E-state index is 13.0. The van der Waals surface area contributed by atoms with Crippen molar-refractivity contribution in [2.24, 2.45) is 0 Å². The van der Waals surface area contributed by atoms with Gasteiger partial charge in [-0.3, -0.25) is 14.6 Å². The maximum Gasteiger partial charge on any atom is 0.295 e. The molecule has 1 aliphatic rings. The van der Waals surface area contributed by atoms with Gasteiger partial charge in [-0.25, -0.2) is 0 Å². The Morgan fingerprint density at radius 3 is 2.41 bits per heavy atom. The van der Waals surface area contributed by atoms with Gasteiger partial charge in [0.15, 0.2) is 0 Å². The number of ketones is 1. The normalized spacial score (nSPS) is 17.9. The van der Waals surface area contributed by atoms with Gasteiger partial charge in [0.05, 0.1) is 18.2 Å². The molecule has 2 aromatic rings. The van der Waals surface area contributed by atoms with Crippen LogP contribution < -0.4 is 4.74 Å². The summed E-state index contributed by atoms with van der Waals surface area (Å²) in [6.07, 6.45) is 5.97. The monoisotopic (exact) mass is 437 g/mol. The lowest BCUT2D eigenvalue weighted by molar-refractivity contribution is -0.139. The summed E-state index contributed by atoms with van der Waals surface area (Å²) in [5.74, 6) is -0.741. The Kier molecular flexibility index (Phi) is 8.00. The molecule has 0 aliphatic carbocycles. The van der Waals surface area contributed by atoms with Crippen molar-refractivity contribution in [3.8, 4) is 5.75 Å². The van der Waals surface area contributed by atoms with Crippen LogP contribution in [0.15, 0.2) is 54.4 Å². The van der Waals surface area contributed by atoms with Crippen LogP contribution in [0.3, 0.4) is 0 Å². The van der Waals surface area contributed by atoms with Gasteiger partial charge < -0.3 is 19.6 Å². The third-order valence-electron chi connectivity index (χ3n) is 5.46. The topological polar surface area (TPSA) is 83.0 Å². The van der Waals surface area contributed by atoms with E-state index in [4.69, 9.17) is 4.74 Å². The van der Waals surface area contributed by atoms with Crippen molar-refractivity contribution in [2.45, 2.75) is 32.2 Å². The zero-order valence-corrected chi connectivity index (χ0v) is 19.0. The standard InChI is InChI=1S/C25H31N3O4/c1-4-5-17-32-20-9-7-19(8-10-20)23(29)21-22(18-11-13-26-14-12-18)28(25(31)24(21)30)16-6-15-27(2)3/h7-14,22,29H,4-6,15-17H2,1-3H3/b23-21-. The minimum absolute atomic E-state index is 0.103. The number of likely N-dealkylation sites (tertiary alicyclic amines) is 1. The molecule has 1 fully saturated rings. The van der Waals surface area contributed by atoms with Gasteiger partial charge in [0, 0.05) is 24.5 Å². The first-order valence-electron chi connectivity index (χ1n) is 11.0. The fourth-order valence-electron chi connectivity index (χ4n) is 3.76. The smallest absolute Gasteiger partial charge is 0.295 e. The number of benzene rings is 1. The highest BCUT2D eigenvalue weighted by atomic mass is 16.5. The van der Waals surface area contributed by atoms with Gasteiger partial charge in [0.1, 0.15) is 11.5 Å². The molecule has 3 rings (SSSR count). The summed E-state index contributed by atoms with van der Waals surface area (Å²) in [7, 11) is 3.92. The first kappa shape index (κ1) is 23.5. The number of carbonyl (C=O) groups is 2. The van der Waals surface area contributed by atoms with E-state index in [-0.39, 0.29) is 11.3 Å². The van der Waals surface area contributed by atoms with E-state index in [0.717, 1.165) is 24.9 Å². The molecule has 2 heterocycles. The number of pyridine rings is 1. The number of hydrogen-bond acceptors (Lipinski definition) is 6. The number of amides is 1. The molecule has 1 amide bonds. The Labute approximate surface area is 189 Å². The van der Waals surface area contributed by atoms with Gasteiger partial charge in [0.2, 0.25) is 0 Å². The predicted molar refractivity (Wildman–Crippen MR) is 123 cm³/mol. The summed E-state index contributed by atoms with van der Waals surface area (Å²) in [6.45, 7) is 3.92. The maximum atomic E-state index is 13.0. The Balaban J connectivity index is 1.95. The molecule has 7 heteroatoms. The molecule has 0 radical (unpaired) electrons. The van der Waals surface area contributed by atoms with E-state index in [1.807, 2.05) is 19.0 Å². The van der Waals surface area contributed by atoms with Gasteiger partial charge in [-0.1, -0.05) is 13.3 Å². The van der Waals surface area contributed by atoms with Crippen LogP contribution in [0.5, 0.6) is 5.75 Å². The molecular formula is C25H31N3O4. The van der Waals surface area contributed by atoms with Crippen molar-refractivity contribution in [1.29, 1.82) is 0 Å². The van der Waals surface area contributed by atoms with Gasteiger partial charge in [0.25, 0.3) is 11.7 Å². The summed E-state index contributed by atoms with van der Waals surface area (Å²) in [6, 6.07) is 9.83. The Bertz CT molecular complexity index is 955. The summed E-state index contributed by atoms with van der Waals surface area (Å²) >= 11 is 0. The van der Waals surface area contributed by atoms with E-state index in [9.17, 15) is 14.7 Å². The van der Waals surface area contributed by atoms with Crippen LogP contribution in [0.25, 0.3) is 5.76 Å². The number of aliphatic hydroxyl groups excluding tert-OH is 1. The quantitative estimate of drug-likeness (QED) is 0.265. The van der Waals surface area contributed by atoms with Crippen molar-refractivity contribution >= 4 is 17.4 Å². The molecule has 1 unspecified atom stereocenters. The number of nitrogens with zero attached hydrogens (tertiary/aromatic N) is 3. The largest absolute Gasteiger partial charge is 0.507 e. The first-order valence-corrected chi connectivity index (χ1v) is 11.0. The third kappa shape index (κ3) is 5.34. The molecule has 1 aromatic carbocycles. The van der Waals surface area contributed by atoms with Crippen molar-refractivity contribution in [3.05, 3.63) is 65.5 Å². The molecule has 0 spiro atoms. The van der Waals surface area contributed by atoms with Crippen LogP contribution >= 0.6 is 0 Å². The zero-order valence-electron chi connectivity index (χ0n) is 19.0. The van der Waals surface area contributed by atoms with Crippen molar-refractivity contribution in [2.75, 3.05) is 33.8 Å². The number of Topliss-reactive ketones (excluding diaryl/α,β-unsaturated/α-hetero) is 1. The summed E-state index contributed by atoms with van der Waals surface area (Å²) in [5, 5.41) is 11.1. The van der Waals surface area contributed by atoms with E-state index >= 15 is 0 Å². The van der Waals surface area contributed by atoms with Crippen LogP contribution in [-0.4, -0.2) is 65.4 Å². The zero-order chi connectivity index (χ0) is 23.1. The molecule has 1 aliphatic heterocycles. The van der Waals surface area contributed by atoms with E-state index in [2.05, 4.69) is 11.9 Å². The molecular weight excluding hydrogens is 406 g/mol. The molecule has 170 valence electrons. The van der Waals surface area contributed by atoms with Gasteiger partial charge in [-0.15, -0.1) is 0 Å². The second kappa shape index (κ2) is 10.9. The molecule has 1 aromatic heterocycles. The molecule has 0 saturated carbocycles. The fourth-order valence-corrected chi connectivity index (χ4v) is 3.76. The van der Waals surface area contributed by atoms with Crippen LogP contribution in [0.4, 0.5) is 0 Å². The number of unbranched alkanes of at least 4 members (excludes halogenated alkanes) is 1. The lowest BCUT2D eigenvalue weighted by Crippen LogP contribution is -2.32. The van der Waals surface area contributed by atoms with E-state index in [1.165, 1.54) is 0 Å². The average Bonchev–Trinajstić information content (AvgIpc) is 3.04. The second-order valence-electron chi connectivity index (χ2n) is 8.16. The summed E-state index contributed by atoms with van der Waals surface area (Å²) in [4.78, 5) is 33.5. The van der Waals surface area contributed by atoms with E-state index in [0.29, 0.717) is 30.9 Å². The van der Waals surface area contributed by atoms with Crippen LogP contribution in [0.2, 0.25) is 0 Å². The highest BCUT2D eigenvalue weighted by Gasteiger charge is 2.45. The lowest BCUT2D eigenvalue weighted by Gasteiger charge is -2.25. The second-order valence-corrected chi connectivity index (χ2v) is 8.16. The average molecular weight is 438 g/mol. The van der Waals surface area contributed by atoms with Crippen LogP contribution in [-0.2, 0) is 9.59 Å². The molecule has 32 heavy (non-hydrogen) atoms. The number of aliphatic hydroxyl groups is 1. The number of rotatable bonds is 10. The van der Waals surface area contributed by atoms with E-state index in [1.54, 1.807) is 53.7 Å². The van der Waals surface area contributed by atoms with E-state index < -0.39 is 17.7 Å². The first-order chi connectivity index (χ1) is 15.4. The fraction of sp³-hybridized carbons (Fsp3) is 0.400. The number of hydrogen-bond donors (Lipinski definition) is 1. The Morgan fingerprint density at radius 2 is 1.78 bits per heavy atom.